The number of ether oxygens (including phenoxy) is 2. The maximum Gasteiger partial charge on any atom is 0.291 e. The minimum Gasteiger partial charge on any atom is -0.497 e. The van der Waals surface area contributed by atoms with Crippen molar-refractivity contribution in [2.45, 2.75) is 33.1 Å². The Hall–Kier alpha value is -2.08. The topological polar surface area (TPSA) is 64.4 Å². The SMILES string of the molecule is COc1ccc(C(=O)NC(=NCC[NH+]2CCCCC2)OCC(C)C)cc1. The molecule has 1 aromatic rings. The standard InChI is InChI=1S/C20H31N3O3/c1-16(2)15-26-20(21-11-14-23-12-5-4-6-13-23)22-19(24)17-7-9-18(25-3)10-8-17/h7-10,16H,4-6,11-15H2,1-3H3,(H,21,22,24)/p+1. The van der Waals surface area contributed by atoms with Gasteiger partial charge in [-0.05, 0) is 49.4 Å². The number of benzene rings is 1. The number of nitrogens with one attached hydrogen (secondary N) is 2. The van der Waals surface area contributed by atoms with E-state index in [1.165, 1.54) is 32.4 Å². The number of carbonyl (C=O) groups is 1. The van der Waals surface area contributed by atoms with Crippen LogP contribution in [0.2, 0.25) is 0 Å². The van der Waals surface area contributed by atoms with Crippen molar-refractivity contribution in [1.29, 1.82) is 0 Å². The van der Waals surface area contributed by atoms with Gasteiger partial charge in [-0.3, -0.25) is 10.1 Å². The molecular formula is C20H32N3O3+. The van der Waals surface area contributed by atoms with E-state index in [-0.39, 0.29) is 5.91 Å². The lowest BCUT2D eigenvalue weighted by Gasteiger charge is -2.22. The summed E-state index contributed by atoms with van der Waals surface area (Å²) < 4.78 is 10.8. The van der Waals surface area contributed by atoms with Gasteiger partial charge in [0.1, 0.15) is 5.75 Å². The molecule has 1 amide bonds. The molecule has 0 aliphatic carbocycles. The minimum atomic E-state index is -0.222. The third kappa shape index (κ3) is 7.04. The van der Waals surface area contributed by atoms with E-state index in [2.05, 4.69) is 24.2 Å². The van der Waals surface area contributed by atoms with Crippen molar-refractivity contribution in [3.63, 3.8) is 0 Å². The predicted molar refractivity (Wildman–Crippen MR) is 103 cm³/mol. The van der Waals surface area contributed by atoms with Gasteiger partial charge < -0.3 is 14.4 Å². The smallest absolute Gasteiger partial charge is 0.291 e. The van der Waals surface area contributed by atoms with Gasteiger partial charge in [0.2, 0.25) is 0 Å². The number of carbonyl (C=O) groups excluding carboxylic acids is 1. The number of piperidine rings is 1. The minimum absolute atomic E-state index is 0.222. The van der Waals surface area contributed by atoms with E-state index in [0.717, 1.165) is 12.3 Å². The third-order valence-corrected chi connectivity index (χ3v) is 4.41. The number of methoxy groups -OCH3 is 1. The van der Waals surface area contributed by atoms with Crippen LogP contribution in [0, 0.1) is 5.92 Å². The Kier molecular flexibility index (Phi) is 8.41. The van der Waals surface area contributed by atoms with Crippen LogP contribution in [0.3, 0.4) is 0 Å². The second-order valence-electron chi connectivity index (χ2n) is 7.14. The Morgan fingerprint density at radius 1 is 1.19 bits per heavy atom. The van der Waals surface area contributed by atoms with E-state index >= 15 is 0 Å². The van der Waals surface area contributed by atoms with Gasteiger partial charge in [-0.1, -0.05) is 13.8 Å². The number of hydrogen-bond donors (Lipinski definition) is 2. The molecule has 0 aromatic heterocycles. The molecule has 144 valence electrons. The van der Waals surface area contributed by atoms with Gasteiger partial charge in [0, 0.05) is 5.56 Å². The average Bonchev–Trinajstić information content (AvgIpc) is 2.66. The van der Waals surface area contributed by atoms with Gasteiger partial charge in [-0.2, -0.15) is 0 Å². The second kappa shape index (κ2) is 10.8. The van der Waals surface area contributed by atoms with E-state index in [9.17, 15) is 4.79 Å². The van der Waals surface area contributed by atoms with Crippen molar-refractivity contribution >= 4 is 11.9 Å². The molecule has 1 saturated heterocycles. The van der Waals surface area contributed by atoms with Crippen molar-refractivity contribution in [3.05, 3.63) is 29.8 Å². The Morgan fingerprint density at radius 3 is 2.50 bits per heavy atom. The highest BCUT2D eigenvalue weighted by atomic mass is 16.5. The molecule has 1 aliphatic heterocycles. The summed E-state index contributed by atoms with van der Waals surface area (Å²) >= 11 is 0. The average molecular weight is 362 g/mol. The normalized spacial score (nSPS) is 15.8. The van der Waals surface area contributed by atoms with Crippen LogP contribution in [-0.2, 0) is 4.74 Å². The van der Waals surface area contributed by atoms with Gasteiger partial charge in [-0.25, -0.2) is 4.99 Å². The zero-order valence-corrected chi connectivity index (χ0v) is 16.2. The van der Waals surface area contributed by atoms with Gasteiger partial charge in [0.05, 0.1) is 39.9 Å². The van der Waals surface area contributed by atoms with Gasteiger partial charge in [0.15, 0.2) is 0 Å². The van der Waals surface area contributed by atoms with Gasteiger partial charge in [-0.15, -0.1) is 0 Å². The van der Waals surface area contributed by atoms with Crippen molar-refractivity contribution in [2.75, 3.05) is 39.9 Å². The summed E-state index contributed by atoms with van der Waals surface area (Å²) in [6.07, 6.45) is 3.93. The molecule has 1 heterocycles. The molecule has 0 saturated carbocycles. The summed E-state index contributed by atoms with van der Waals surface area (Å²) in [6, 6.07) is 7.30. The number of amides is 1. The Balaban J connectivity index is 1.93. The summed E-state index contributed by atoms with van der Waals surface area (Å²) in [6.45, 7) is 8.74. The Morgan fingerprint density at radius 2 is 1.88 bits per heavy atom. The largest absolute Gasteiger partial charge is 0.497 e. The van der Waals surface area contributed by atoms with E-state index in [1.807, 2.05) is 0 Å². The summed E-state index contributed by atoms with van der Waals surface area (Å²) in [5, 5.41) is 2.80. The molecule has 1 aromatic carbocycles. The first-order valence-electron chi connectivity index (χ1n) is 9.54. The summed E-state index contributed by atoms with van der Waals surface area (Å²) in [5.41, 5.74) is 0.549. The molecule has 0 radical (unpaired) electrons. The van der Waals surface area contributed by atoms with Gasteiger partial charge in [0.25, 0.3) is 11.9 Å². The van der Waals surface area contributed by atoms with Crippen LogP contribution in [0.4, 0.5) is 0 Å². The Bertz CT molecular complexity index is 578. The number of aliphatic imine (C=N–C) groups is 1. The number of quaternary nitrogens is 1. The van der Waals surface area contributed by atoms with Crippen LogP contribution in [0.5, 0.6) is 5.75 Å². The van der Waals surface area contributed by atoms with Crippen molar-refractivity contribution in [1.82, 2.24) is 5.32 Å². The molecule has 6 nitrogen and oxygen atoms in total. The van der Waals surface area contributed by atoms with E-state index in [1.54, 1.807) is 36.3 Å². The molecule has 0 atom stereocenters. The lowest BCUT2D eigenvalue weighted by molar-refractivity contribution is -0.903. The van der Waals surface area contributed by atoms with Crippen LogP contribution in [0.15, 0.2) is 29.3 Å². The number of hydrogen-bond acceptors (Lipinski definition) is 4. The third-order valence-electron chi connectivity index (χ3n) is 4.41. The highest BCUT2D eigenvalue weighted by Crippen LogP contribution is 2.11. The monoisotopic (exact) mass is 362 g/mol. The van der Waals surface area contributed by atoms with Crippen LogP contribution in [-0.4, -0.2) is 51.8 Å². The fourth-order valence-corrected chi connectivity index (χ4v) is 2.90. The first kappa shape index (κ1) is 20.2. The van der Waals surface area contributed by atoms with Crippen LogP contribution in [0.1, 0.15) is 43.5 Å². The molecule has 1 aliphatic rings. The summed E-state index contributed by atoms with van der Waals surface area (Å²) in [4.78, 5) is 18.5. The highest BCUT2D eigenvalue weighted by Gasteiger charge is 2.14. The molecule has 0 unspecified atom stereocenters. The maximum atomic E-state index is 12.4. The molecule has 0 bridgehead atoms. The lowest BCUT2D eigenvalue weighted by atomic mass is 10.1. The summed E-state index contributed by atoms with van der Waals surface area (Å²) in [7, 11) is 1.60. The van der Waals surface area contributed by atoms with E-state index < -0.39 is 0 Å². The van der Waals surface area contributed by atoms with Crippen LogP contribution < -0.4 is 15.0 Å². The molecule has 26 heavy (non-hydrogen) atoms. The van der Waals surface area contributed by atoms with Crippen molar-refractivity contribution in [2.24, 2.45) is 10.9 Å². The quantitative estimate of drug-likeness (QED) is 0.571. The van der Waals surface area contributed by atoms with Crippen molar-refractivity contribution in [3.8, 4) is 5.75 Å². The first-order valence-corrected chi connectivity index (χ1v) is 9.54. The van der Waals surface area contributed by atoms with E-state index in [0.29, 0.717) is 30.7 Å². The molecule has 2 N–H and O–H groups in total. The first-order chi connectivity index (χ1) is 12.6. The van der Waals surface area contributed by atoms with Crippen LogP contribution in [0.25, 0.3) is 0 Å². The Labute approximate surface area is 156 Å². The molecule has 6 heteroatoms. The lowest BCUT2D eigenvalue weighted by Crippen LogP contribution is -3.13. The molecule has 2 rings (SSSR count). The highest BCUT2D eigenvalue weighted by molar-refractivity contribution is 6.04. The zero-order chi connectivity index (χ0) is 18.8. The molecule has 0 spiro atoms. The maximum absolute atomic E-state index is 12.4. The number of likely N-dealkylation sites (tertiary alicyclic amines) is 1. The second-order valence-corrected chi connectivity index (χ2v) is 7.14. The van der Waals surface area contributed by atoms with Gasteiger partial charge >= 0.3 is 0 Å². The number of rotatable bonds is 7. The van der Waals surface area contributed by atoms with Crippen LogP contribution >= 0.6 is 0 Å². The fourth-order valence-electron chi connectivity index (χ4n) is 2.90. The van der Waals surface area contributed by atoms with Crippen molar-refractivity contribution < 1.29 is 19.2 Å². The number of amidine groups is 1. The van der Waals surface area contributed by atoms with E-state index in [4.69, 9.17) is 9.47 Å². The predicted octanol–water partition coefficient (Wildman–Crippen LogP) is 1.52. The molecular weight excluding hydrogens is 330 g/mol. The number of nitrogens with zero attached hydrogens (tertiary/aromatic N) is 1. The fraction of sp³-hybridized carbons (Fsp3) is 0.600. The zero-order valence-electron chi connectivity index (χ0n) is 16.2. The molecule has 1 fully saturated rings. The summed E-state index contributed by atoms with van der Waals surface area (Å²) in [5.74, 6) is 0.863.